The number of halogens is 1. The number of aromatic nitrogens is 1. The number of ether oxygens (including phenoxy) is 3. The number of nitrogens with zero attached hydrogens (tertiary/aromatic N) is 1. The van der Waals surface area contributed by atoms with Crippen molar-refractivity contribution in [3.8, 4) is 23.0 Å². The Hall–Kier alpha value is -3.88. The van der Waals surface area contributed by atoms with Crippen molar-refractivity contribution in [3.05, 3.63) is 48.4 Å². The summed E-state index contributed by atoms with van der Waals surface area (Å²) in [5, 5.41) is 5.60. The zero-order chi connectivity index (χ0) is 26.1. The highest BCUT2D eigenvalue weighted by Crippen LogP contribution is 2.43. The Morgan fingerprint density at radius 2 is 1.64 bits per heavy atom. The van der Waals surface area contributed by atoms with Crippen LogP contribution in [0.2, 0.25) is 0 Å². The van der Waals surface area contributed by atoms with Gasteiger partial charge in [-0.15, -0.1) is 0 Å². The Morgan fingerprint density at radius 3 is 2.14 bits per heavy atom. The van der Waals surface area contributed by atoms with E-state index in [1.54, 1.807) is 37.6 Å². The van der Waals surface area contributed by atoms with Crippen molar-refractivity contribution in [2.24, 2.45) is 5.41 Å². The molecule has 2 amide bonds. The lowest BCUT2D eigenvalue weighted by Gasteiger charge is -2.12. The number of nitrogens with one attached hydrogen (secondary N) is 2. The number of carbonyl (C=O) groups is 2. The zero-order valence-electron chi connectivity index (χ0n) is 21.0. The van der Waals surface area contributed by atoms with Gasteiger partial charge in [0.1, 0.15) is 17.3 Å². The van der Waals surface area contributed by atoms with Crippen molar-refractivity contribution in [2.75, 3.05) is 19.5 Å². The van der Waals surface area contributed by atoms with Crippen molar-refractivity contribution in [3.63, 3.8) is 0 Å². The predicted octanol–water partition coefficient (Wildman–Crippen LogP) is 5.45. The van der Waals surface area contributed by atoms with E-state index < -0.39 is 5.82 Å². The summed E-state index contributed by atoms with van der Waals surface area (Å²) in [5.41, 5.74) is 1.48. The third-order valence-corrected chi connectivity index (χ3v) is 5.72. The number of rotatable bonds is 8. The topological polar surface area (TPSA) is 98.8 Å². The minimum atomic E-state index is -0.595. The van der Waals surface area contributed by atoms with E-state index >= 15 is 0 Å². The molecule has 3 aromatic rings. The number of methoxy groups -OCH3 is 2. The summed E-state index contributed by atoms with van der Waals surface area (Å²) in [6.07, 6.45) is 8.02. The molecule has 5 rings (SSSR count). The average molecular weight is 498 g/mol. The van der Waals surface area contributed by atoms with E-state index in [0.717, 1.165) is 11.8 Å². The highest BCUT2D eigenvalue weighted by atomic mass is 19.1. The van der Waals surface area contributed by atoms with Crippen LogP contribution in [-0.2, 0) is 9.59 Å². The average Bonchev–Trinajstić information content (AvgIpc) is 3.80. The molecule has 0 spiro atoms. The van der Waals surface area contributed by atoms with Crippen molar-refractivity contribution < 1.29 is 28.2 Å². The van der Waals surface area contributed by atoms with Gasteiger partial charge in [-0.3, -0.25) is 14.6 Å². The highest BCUT2D eigenvalue weighted by molar-refractivity contribution is 5.88. The fraction of sp³-hybridized carbons (Fsp3) is 0.370. The van der Waals surface area contributed by atoms with Crippen LogP contribution in [0.15, 0.2) is 42.6 Å². The molecule has 9 heteroatoms. The fourth-order valence-corrected chi connectivity index (χ4v) is 3.00. The standard InChI is InChI=1S/C18H15FN2O4.C5H10.C4H7NO/c1-23-17-8-12-15(9-18(17)24-2)20-6-5-16(12)25-11-3-4-14(21-10-22)13(19)7-11;1-5(2)3-4-5;6-3-5-4-1-2-4/h3-10H,1-2H3,(H,21,22);3-4H2,1-2H3;3-4H,1-2H2,(H,5,6). The van der Waals surface area contributed by atoms with Crippen molar-refractivity contribution >= 4 is 29.4 Å². The van der Waals surface area contributed by atoms with Crippen LogP contribution in [0.25, 0.3) is 10.9 Å². The van der Waals surface area contributed by atoms with Gasteiger partial charge in [0.15, 0.2) is 11.5 Å². The number of pyridine rings is 1. The van der Waals surface area contributed by atoms with E-state index in [0.29, 0.717) is 40.6 Å². The van der Waals surface area contributed by atoms with E-state index in [-0.39, 0.29) is 11.4 Å². The minimum absolute atomic E-state index is 0.0772. The van der Waals surface area contributed by atoms with Gasteiger partial charge >= 0.3 is 0 Å². The molecular formula is C27H32FN3O5. The third kappa shape index (κ3) is 7.83. The first kappa shape index (κ1) is 26.7. The minimum Gasteiger partial charge on any atom is -0.493 e. The van der Waals surface area contributed by atoms with E-state index in [4.69, 9.17) is 14.2 Å². The maximum Gasteiger partial charge on any atom is 0.211 e. The molecule has 0 unspecified atom stereocenters. The van der Waals surface area contributed by atoms with Crippen molar-refractivity contribution in [2.45, 2.75) is 45.6 Å². The lowest BCUT2D eigenvalue weighted by atomic mass is 10.2. The van der Waals surface area contributed by atoms with Gasteiger partial charge in [-0.25, -0.2) is 4.39 Å². The normalized spacial score (nSPS) is 14.7. The molecular weight excluding hydrogens is 465 g/mol. The number of fused-ring (bicyclic) bond motifs is 1. The SMILES string of the molecule is CC1(C)CC1.COc1cc2nccc(Oc3ccc(NC=O)c(F)c3)c2cc1OC.O=CNC1CC1. The molecule has 2 aliphatic carbocycles. The van der Waals surface area contributed by atoms with E-state index in [1.165, 1.54) is 44.9 Å². The molecule has 0 bridgehead atoms. The monoisotopic (exact) mass is 497 g/mol. The summed E-state index contributed by atoms with van der Waals surface area (Å²) in [5.74, 6) is 1.26. The van der Waals surface area contributed by atoms with Gasteiger partial charge in [-0.1, -0.05) is 13.8 Å². The first-order valence-electron chi connectivity index (χ1n) is 11.7. The van der Waals surface area contributed by atoms with E-state index in [1.807, 2.05) is 0 Å². The fourth-order valence-electron chi connectivity index (χ4n) is 3.00. The van der Waals surface area contributed by atoms with Crippen LogP contribution in [-0.4, -0.2) is 38.1 Å². The lowest BCUT2D eigenvalue weighted by Crippen LogP contribution is -2.11. The Balaban J connectivity index is 0.000000268. The van der Waals surface area contributed by atoms with Crippen LogP contribution in [0.1, 0.15) is 39.5 Å². The van der Waals surface area contributed by atoms with Gasteiger partial charge in [0, 0.05) is 29.8 Å². The molecule has 2 saturated carbocycles. The molecule has 0 aliphatic heterocycles. The number of hydrogen-bond acceptors (Lipinski definition) is 6. The summed E-state index contributed by atoms with van der Waals surface area (Å²) >= 11 is 0. The van der Waals surface area contributed by atoms with Crippen LogP contribution in [0, 0.1) is 11.2 Å². The number of carbonyl (C=O) groups excluding carboxylic acids is 2. The van der Waals surface area contributed by atoms with Gasteiger partial charge in [0.25, 0.3) is 0 Å². The summed E-state index contributed by atoms with van der Waals surface area (Å²) in [6, 6.07) is 9.85. The van der Waals surface area contributed by atoms with Crippen molar-refractivity contribution in [1.82, 2.24) is 10.3 Å². The lowest BCUT2D eigenvalue weighted by molar-refractivity contribution is -0.109. The van der Waals surface area contributed by atoms with Crippen LogP contribution < -0.4 is 24.8 Å². The summed E-state index contributed by atoms with van der Waals surface area (Å²) in [7, 11) is 3.08. The largest absolute Gasteiger partial charge is 0.493 e. The van der Waals surface area contributed by atoms with E-state index in [2.05, 4.69) is 29.5 Å². The van der Waals surface area contributed by atoms with E-state index in [9.17, 15) is 14.0 Å². The van der Waals surface area contributed by atoms with Crippen LogP contribution >= 0.6 is 0 Å². The Bertz CT molecular complexity index is 1190. The maximum absolute atomic E-state index is 13.9. The summed E-state index contributed by atoms with van der Waals surface area (Å²) < 4.78 is 30.3. The molecule has 1 heterocycles. The highest BCUT2D eigenvalue weighted by Gasteiger charge is 2.30. The predicted molar refractivity (Wildman–Crippen MR) is 136 cm³/mol. The molecule has 2 fully saturated rings. The van der Waals surface area contributed by atoms with Crippen LogP contribution in [0.4, 0.5) is 10.1 Å². The van der Waals surface area contributed by atoms with Crippen molar-refractivity contribution in [1.29, 1.82) is 0 Å². The molecule has 2 aromatic carbocycles. The first-order valence-corrected chi connectivity index (χ1v) is 11.7. The van der Waals surface area contributed by atoms with Gasteiger partial charge in [-0.05, 0) is 55.4 Å². The molecule has 2 N–H and O–H groups in total. The van der Waals surface area contributed by atoms with Gasteiger partial charge < -0.3 is 24.8 Å². The molecule has 36 heavy (non-hydrogen) atoms. The number of benzene rings is 2. The second kappa shape index (κ2) is 12.2. The number of anilines is 1. The van der Waals surface area contributed by atoms with Crippen LogP contribution in [0.5, 0.6) is 23.0 Å². The second-order valence-electron chi connectivity index (χ2n) is 9.26. The molecule has 1 aromatic heterocycles. The quantitative estimate of drug-likeness (QED) is 0.402. The number of amides is 2. The first-order chi connectivity index (χ1) is 17.3. The third-order valence-electron chi connectivity index (χ3n) is 5.72. The molecule has 0 radical (unpaired) electrons. The Morgan fingerprint density at radius 1 is 0.972 bits per heavy atom. The number of hydrogen-bond donors (Lipinski definition) is 2. The molecule has 0 atom stereocenters. The molecule has 192 valence electrons. The molecule has 0 saturated heterocycles. The molecule has 2 aliphatic rings. The van der Waals surface area contributed by atoms with Gasteiger partial charge in [-0.2, -0.15) is 0 Å². The summed E-state index contributed by atoms with van der Waals surface area (Å²) in [4.78, 5) is 24.3. The smallest absolute Gasteiger partial charge is 0.211 e. The van der Waals surface area contributed by atoms with Gasteiger partial charge in [0.05, 0.1) is 25.4 Å². The van der Waals surface area contributed by atoms with Crippen LogP contribution in [0.3, 0.4) is 0 Å². The molecule has 8 nitrogen and oxygen atoms in total. The van der Waals surface area contributed by atoms with Gasteiger partial charge in [0.2, 0.25) is 12.8 Å². The Kier molecular flexibility index (Phi) is 9.05. The zero-order valence-corrected chi connectivity index (χ0v) is 21.0. The maximum atomic E-state index is 13.9. The second-order valence-corrected chi connectivity index (χ2v) is 9.26. The Labute approximate surface area is 210 Å². The summed E-state index contributed by atoms with van der Waals surface area (Å²) in [6.45, 7) is 4.60.